The van der Waals surface area contributed by atoms with Crippen molar-refractivity contribution in [3.8, 4) is 28.6 Å². The maximum Gasteiger partial charge on any atom is 0.406 e. The molecule has 19 heteroatoms. The summed E-state index contributed by atoms with van der Waals surface area (Å²) in [5.41, 5.74) is 4.16. The molecule has 1 aliphatic carbocycles. The Bertz CT molecular complexity index is 2430. The average Bonchev–Trinajstić information content (AvgIpc) is 4.07. The zero-order chi connectivity index (χ0) is 46.3. The Morgan fingerprint density at radius 1 is 0.833 bits per heavy atom. The first kappa shape index (κ1) is 47.8. The van der Waals surface area contributed by atoms with E-state index in [1.165, 1.54) is 11.7 Å². The second kappa shape index (κ2) is 23.3. The van der Waals surface area contributed by atoms with Gasteiger partial charge in [-0.15, -0.1) is 5.10 Å². The van der Waals surface area contributed by atoms with E-state index in [0.29, 0.717) is 111 Å². The molecule has 0 amide bonds. The quantitative estimate of drug-likeness (QED) is 0.0408. The first-order chi connectivity index (χ1) is 32.0. The van der Waals surface area contributed by atoms with Crippen LogP contribution in [-0.2, 0) is 40.6 Å². The Morgan fingerprint density at radius 2 is 1.56 bits per heavy atom. The molecule has 0 atom stereocenters. The minimum absolute atomic E-state index is 0.215. The predicted octanol–water partition coefficient (Wildman–Crippen LogP) is 7.54. The summed E-state index contributed by atoms with van der Waals surface area (Å²) in [4.78, 5) is 13.3. The number of rotatable bonds is 26. The number of anilines is 2. The number of alkyl halides is 3. The number of halogens is 3. The molecular weight excluding hydrogens is 860 g/mol. The molecule has 1 aliphatic rings. The van der Waals surface area contributed by atoms with E-state index < -0.39 is 12.7 Å². The number of aldehydes is 1. The van der Waals surface area contributed by atoms with Crippen LogP contribution in [0.3, 0.4) is 0 Å². The van der Waals surface area contributed by atoms with Gasteiger partial charge in [-0.1, -0.05) is 11.3 Å². The number of hydrogen-bond donors (Lipinski definition) is 2. The largest absolute Gasteiger partial charge is 0.496 e. The predicted molar refractivity (Wildman–Crippen MR) is 243 cm³/mol. The molecule has 2 N–H and O–H groups in total. The van der Waals surface area contributed by atoms with Crippen molar-refractivity contribution in [2.75, 3.05) is 78.1 Å². The molecular formula is C47H58F3N9O7. The van der Waals surface area contributed by atoms with Gasteiger partial charge in [0.15, 0.2) is 6.29 Å². The van der Waals surface area contributed by atoms with E-state index >= 15 is 0 Å². The van der Waals surface area contributed by atoms with E-state index in [1.54, 1.807) is 52.1 Å². The molecule has 0 aliphatic heterocycles. The molecule has 354 valence electrons. The van der Waals surface area contributed by atoms with Gasteiger partial charge in [-0.2, -0.15) is 18.3 Å². The van der Waals surface area contributed by atoms with Crippen LogP contribution in [0.15, 0.2) is 85.2 Å². The number of methoxy groups -OCH3 is 1. The highest BCUT2D eigenvalue weighted by molar-refractivity contribution is 5.96. The van der Waals surface area contributed by atoms with Gasteiger partial charge < -0.3 is 48.5 Å². The second-order valence-corrected chi connectivity index (χ2v) is 16.2. The number of nitrogens with one attached hydrogen (secondary N) is 2. The van der Waals surface area contributed by atoms with Gasteiger partial charge in [-0.05, 0) is 100 Å². The minimum atomic E-state index is -4.41. The summed E-state index contributed by atoms with van der Waals surface area (Å²) in [7, 11) is 5.71. The third-order valence-corrected chi connectivity index (χ3v) is 11.3. The van der Waals surface area contributed by atoms with Crippen LogP contribution in [0.5, 0.6) is 17.2 Å². The molecule has 3 aromatic heterocycles. The normalized spacial score (nSPS) is 15.3. The van der Waals surface area contributed by atoms with Gasteiger partial charge in [0, 0.05) is 41.1 Å². The molecule has 0 radical (unpaired) electrons. The van der Waals surface area contributed by atoms with Crippen LogP contribution in [0, 0.1) is 0 Å². The summed E-state index contributed by atoms with van der Waals surface area (Å²) >= 11 is 0. The van der Waals surface area contributed by atoms with Crippen LogP contribution in [0.25, 0.3) is 22.3 Å². The summed E-state index contributed by atoms with van der Waals surface area (Å²) in [6.45, 7) is 2.82. The molecule has 7 rings (SSSR count). The summed E-state index contributed by atoms with van der Waals surface area (Å²) in [6.07, 6.45) is 4.03. The van der Waals surface area contributed by atoms with Crippen LogP contribution < -0.4 is 24.8 Å². The van der Waals surface area contributed by atoms with E-state index in [0.717, 1.165) is 48.7 Å². The van der Waals surface area contributed by atoms with Crippen molar-refractivity contribution in [3.63, 3.8) is 0 Å². The van der Waals surface area contributed by atoms with Crippen molar-refractivity contribution < 1.29 is 46.4 Å². The number of hydrogen-bond acceptors (Lipinski definition) is 13. The lowest BCUT2D eigenvalue weighted by Crippen LogP contribution is -2.36. The van der Waals surface area contributed by atoms with Gasteiger partial charge in [0.1, 0.15) is 55.1 Å². The summed E-state index contributed by atoms with van der Waals surface area (Å²) in [6, 6.07) is 22.3. The summed E-state index contributed by atoms with van der Waals surface area (Å²) < 4.78 is 80.1. The number of aromatic nitrogens is 6. The standard InChI is InChI=1S/C47H58F3N9O7/c1-56(2)38-12-8-36(9-13-38)52-42-5-4-6-44-41(42)28-45(59(44)32-47(48,49)50)43-17-18-58(54-43)33-51-35-10-15-39(16-11-35)65-26-25-64-24-23-63-22-21-62-20-19-57-29-37(53-55-57)31-66-40-14-7-34(30-60)46(27-40)61-3/h4-7,10-11,14-18,27-30,36,38,51-52H,8-9,12-13,19-26,31-33H2,1-3H3. The second-order valence-electron chi connectivity index (χ2n) is 16.2. The third-order valence-electron chi connectivity index (χ3n) is 11.3. The van der Waals surface area contributed by atoms with Crippen LogP contribution in [-0.4, -0.2) is 126 Å². The van der Waals surface area contributed by atoms with Gasteiger partial charge in [0.25, 0.3) is 0 Å². The van der Waals surface area contributed by atoms with Gasteiger partial charge in [-0.3, -0.25) is 9.48 Å². The Morgan fingerprint density at radius 3 is 2.27 bits per heavy atom. The Labute approximate surface area is 381 Å². The highest BCUT2D eigenvalue weighted by Gasteiger charge is 2.31. The smallest absolute Gasteiger partial charge is 0.406 e. The average molecular weight is 918 g/mol. The Kier molecular flexibility index (Phi) is 16.9. The SMILES string of the molecule is COc1cc(OCc2cn(CCOCCOCCOCCOc3ccc(NCn4ccc(-c5cc6c(NC7CCC(N(C)C)CC7)cccc6n5CC(F)(F)F)n4)cc3)nn2)ccc1C=O. The van der Waals surface area contributed by atoms with E-state index in [9.17, 15) is 18.0 Å². The zero-order valence-electron chi connectivity index (χ0n) is 37.5. The van der Waals surface area contributed by atoms with Gasteiger partial charge in [0.2, 0.25) is 0 Å². The van der Waals surface area contributed by atoms with Crippen LogP contribution >= 0.6 is 0 Å². The monoisotopic (exact) mass is 917 g/mol. The molecule has 1 fully saturated rings. The molecule has 6 aromatic rings. The fourth-order valence-electron chi connectivity index (χ4n) is 7.82. The molecule has 1 saturated carbocycles. The summed E-state index contributed by atoms with van der Waals surface area (Å²) in [5.74, 6) is 1.68. The van der Waals surface area contributed by atoms with E-state index in [2.05, 4.69) is 45.0 Å². The molecule has 0 bridgehead atoms. The highest BCUT2D eigenvalue weighted by Crippen LogP contribution is 2.36. The summed E-state index contributed by atoms with van der Waals surface area (Å²) in [5, 5.41) is 20.6. The topological polar surface area (TPSA) is 153 Å². The molecule has 66 heavy (non-hydrogen) atoms. The number of ether oxygens (including phenoxy) is 6. The molecule has 16 nitrogen and oxygen atoms in total. The molecule has 0 spiro atoms. The molecule has 3 aromatic carbocycles. The van der Waals surface area contributed by atoms with Gasteiger partial charge in [0.05, 0.1) is 76.3 Å². The van der Waals surface area contributed by atoms with E-state index in [-0.39, 0.29) is 12.6 Å². The van der Waals surface area contributed by atoms with E-state index in [1.807, 2.05) is 42.5 Å². The maximum atomic E-state index is 13.9. The first-order valence-corrected chi connectivity index (χ1v) is 22.1. The number of carbonyl (C=O) groups is 1. The van der Waals surface area contributed by atoms with E-state index in [4.69, 9.17) is 28.4 Å². The van der Waals surface area contributed by atoms with Crippen molar-refractivity contribution in [1.82, 2.24) is 34.2 Å². The number of benzene rings is 3. The maximum absolute atomic E-state index is 13.9. The van der Waals surface area contributed by atoms with Crippen molar-refractivity contribution in [3.05, 3.63) is 96.4 Å². The lowest BCUT2D eigenvalue weighted by molar-refractivity contribution is -0.139. The molecule has 3 heterocycles. The number of fused-ring (bicyclic) bond motifs is 1. The lowest BCUT2D eigenvalue weighted by Gasteiger charge is -2.33. The molecule has 0 unspecified atom stereocenters. The fraction of sp³-hybridized carbons (Fsp3) is 0.447. The lowest BCUT2D eigenvalue weighted by atomic mass is 9.90. The van der Waals surface area contributed by atoms with Crippen molar-refractivity contribution in [2.45, 2.75) is 70.3 Å². The minimum Gasteiger partial charge on any atom is -0.496 e. The van der Waals surface area contributed by atoms with Gasteiger partial charge >= 0.3 is 6.18 Å². The van der Waals surface area contributed by atoms with Crippen molar-refractivity contribution in [2.24, 2.45) is 0 Å². The van der Waals surface area contributed by atoms with Gasteiger partial charge in [-0.25, -0.2) is 4.68 Å². The number of nitrogens with zero attached hydrogens (tertiary/aromatic N) is 7. The Hall–Kier alpha value is -6.15. The van der Waals surface area contributed by atoms with Crippen molar-refractivity contribution >= 4 is 28.6 Å². The highest BCUT2D eigenvalue weighted by atomic mass is 19.4. The molecule has 0 saturated heterocycles. The third kappa shape index (κ3) is 13.7. The zero-order valence-corrected chi connectivity index (χ0v) is 37.5. The fourth-order valence-corrected chi connectivity index (χ4v) is 7.82. The number of carbonyl (C=O) groups excluding carboxylic acids is 1. The first-order valence-electron chi connectivity index (χ1n) is 22.1. The van der Waals surface area contributed by atoms with Crippen LogP contribution in [0.4, 0.5) is 24.5 Å². The van der Waals surface area contributed by atoms with Crippen LogP contribution in [0.1, 0.15) is 41.7 Å². The van der Waals surface area contributed by atoms with Crippen molar-refractivity contribution in [1.29, 1.82) is 0 Å². The Balaban J connectivity index is 0.762. The van der Waals surface area contributed by atoms with Crippen LogP contribution in [0.2, 0.25) is 0 Å².